The molecule has 2 aliphatic rings. The standard InChI is InChI=1S/C25H29N3O6.ClH/c1-30-22-12-19-20(13-23(22)31-2)26-15-28(25(19)29)17-5-3-8-27(14-17)9-4-10-32-18-6-7-21-24(11-18)34-16-33-21;/h6-7,11-13,15,17H,3-5,8-10,14,16H2,1-2H3;1H. The molecule has 0 aliphatic carbocycles. The van der Waals surface area contributed by atoms with Crippen LogP contribution >= 0.6 is 12.4 Å². The van der Waals surface area contributed by atoms with Crippen molar-refractivity contribution in [2.75, 3.05) is 47.3 Å². The molecule has 1 fully saturated rings. The van der Waals surface area contributed by atoms with Gasteiger partial charge >= 0.3 is 0 Å². The highest BCUT2D eigenvalue weighted by Gasteiger charge is 2.23. The number of rotatable bonds is 8. The van der Waals surface area contributed by atoms with Crippen molar-refractivity contribution in [2.45, 2.75) is 25.3 Å². The minimum absolute atomic E-state index is 0. The summed E-state index contributed by atoms with van der Waals surface area (Å²) in [5, 5.41) is 0.536. The first-order chi connectivity index (χ1) is 16.7. The largest absolute Gasteiger partial charge is 0.493 e. The third-order valence-electron chi connectivity index (χ3n) is 6.39. The van der Waals surface area contributed by atoms with Crippen LogP contribution in [0.25, 0.3) is 10.9 Å². The Kier molecular flexibility index (Phi) is 7.87. The van der Waals surface area contributed by atoms with Gasteiger partial charge in [-0.15, -0.1) is 12.4 Å². The number of halogens is 1. The number of hydrogen-bond donors (Lipinski definition) is 0. The Bertz CT molecular complexity index is 1230. The van der Waals surface area contributed by atoms with Crippen LogP contribution < -0.4 is 29.2 Å². The molecule has 0 saturated carbocycles. The number of nitrogens with zero attached hydrogens (tertiary/aromatic N) is 3. The lowest BCUT2D eigenvalue weighted by Gasteiger charge is -2.33. The first kappa shape index (κ1) is 24.9. The van der Waals surface area contributed by atoms with E-state index in [0.29, 0.717) is 29.0 Å². The fraction of sp³-hybridized carbons (Fsp3) is 0.440. The number of fused-ring (bicyclic) bond motifs is 2. The Morgan fingerprint density at radius 2 is 1.89 bits per heavy atom. The van der Waals surface area contributed by atoms with Crippen LogP contribution in [0.2, 0.25) is 0 Å². The molecule has 2 aliphatic heterocycles. The first-order valence-electron chi connectivity index (χ1n) is 11.5. The van der Waals surface area contributed by atoms with Gasteiger partial charge < -0.3 is 28.6 Å². The van der Waals surface area contributed by atoms with E-state index < -0.39 is 0 Å². The van der Waals surface area contributed by atoms with Crippen LogP contribution in [0.1, 0.15) is 25.3 Å². The maximum absolute atomic E-state index is 13.3. The van der Waals surface area contributed by atoms with Crippen molar-refractivity contribution in [3.63, 3.8) is 0 Å². The Hall–Kier alpha value is -3.17. The zero-order valence-electron chi connectivity index (χ0n) is 19.9. The number of benzene rings is 2. The average molecular weight is 504 g/mol. The lowest BCUT2D eigenvalue weighted by atomic mass is 10.0. The first-order valence-corrected chi connectivity index (χ1v) is 11.5. The molecule has 188 valence electrons. The Morgan fingerprint density at radius 3 is 2.71 bits per heavy atom. The number of methoxy groups -OCH3 is 2. The molecule has 0 N–H and O–H groups in total. The molecule has 35 heavy (non-hydrogen) atoms. The van der Waals surface area contributed by atoms with Crippen molar-refractivity contribution < 1.29 is 23.7 Å². The van der Waals surface area contributed by atoms with E-state index in [-0.39, 0.29) is 30.8 Å². The topological polar surface area (TPSA) is 84.3 Å². The summed E-state index contributed by atoms with van der Waals surface area (Å²) in [6.07, 6.45) is 4.53. The van der Waals surface area contributed by atoms with E-state index in [4.69, 9.17) is 23.7 Å². The van der Waals surface area contributed by atoms with Gasteiger partial charge in [-0.2, -0.15) is 0 Å². The maximum Gasteiger partial charge on any atom is 0.261 e. The molecule has 1 saturated heterocycles. The number of hydrogen-bond acceptors (Lipinski definition) is 8. The van der Waals surface area contributed by atoms with Crippen molar-refractivity contribution in [1.82, 2.24) is 14.5 Å². The third-order valence-corrected chi connectivity index (χ3v) is 6.39. The lowest BCUT2D eigenvalue weighted by molar-refractivity contribution is 0.162. The monoisotopic (exact) mass is 503 g/mol. The molecular formula is C25H30ClN3O6. The van der Waals surface area contributed by atoms with E-state index in [1.807, 2.05) is 18.2 Å². The van der Waals surface area contributed by atoms with E-state index in [1.165, 1.54) is 0 Å². The molecule has 5 rings (SSSR count). The van der Waals surface area contributed by atoms with Crippen LogP contribution in [0.4, 0.5) is 0 Å². The average Bonchev–Trinajstić information content (AvgIpc) is 3.34. The molecule has 0 spiro atoms. The van der Waals surface area contributed by atoms with Crippen LogP contribution in [0.15, 0.2) is 41.5 Å². The molecule has 0 bridgehead atoms. The number of aromatic nitrogens is 2. The fourth-order valence-electron chi connectivity index (χ4n) is 4.63. The maximum atomic E-state index is 13.3. The molecule has 1 atom stereocenters. The highest BCUT2D eigenvalue weighted by atomic mass is 35.5. The molecular weight excluding hydrogens is 474 g/mol. The van der Waals surface area contributed by atoms with Crippen molar-refractivity contribution in [3.8, 4) is 28.7 Å². The van der Waals surface area contributed by atoms with Crippen LogP contribution in [-0.2, 0) is 0 Å². The van der Waals surface area contributed by atoms with Crippen molar-refractivity contribution in [1.29, 1.82) is 0 Å². The van der Waals surface area contributed by atoms with E-state index >= 15 is 0 Å². The van der Waals surface area contributed by atoms with Crippen LogP contribution in [0, 0.1) is 0 Å². The molecule has 1 unspecified atom stereocenters. The van der Waals surface area contributed by atoms with Gasteiger partial charge in [0.2, 0.25) is 6.79 Å². The quantitative estimate of drug-likeness (QED) is 0.430. The van der Waals surface area contributed by atoms with Gasteiger partial charge in [-0.3, -0.25) is 9.36 Å². The van der Waals surface area contributed by atoms with Gasteiger partial charge in [0.15, 0.2) is 23.0 Å². The summed E-state index contributed by atoms with van der Waals surface area (Å²) in [6.45, 7) is 3.60. The van der Waals surface area contributed by atoms with E-state index in [0.717, 1.165) is 56.1 Å². The predicted octanol–water partition coefficient (Wildman–Crippen LogP) is 3.67. The van der Waals surface area contributed by atoms with Crippen LogP contribution in [0.3, 0.4) is 0 Å². The van der Waals surface area contributed by atoms with E-state index in [2.05, 4.69) is 9.88 Å². The predicted molar refractivity (Wildman–Crippen MR) is 134 cm³/mol. The Labute approximate surface area is 209 Å². The summed E-state index contributed by atoms with van der Waals surface area (Å²) in [5.41, 5.74) is 0.552. The van der Waals surface area contributed by atoms with Crippen molar-refractivity contribution >= 4 is 23.3 Å². The molecule has 0 amide bonds. The number of piperidine rings is 1. The second-order valence-electron chi connectivity index (χ2n) is 8.50. The van der Waals surface area contributed by atoms with Crippen molar-refractivity contribution in [2.24, 2.45) is 0 Å². The third kappa shape index (κ3) is 5.26. The van der Waals surface area contributed by atoms with Gasteiger partial charge in [-0.05, 0) is 44.0 Å². The van der Waals surface area contributed by atoms with Gasteiger partial charge in [-0.25, -0.2) is 4.98 Å². The van der Waals surface area contributed by atoms with Gasteiger partial charge in [0, 0.05) is 25.2 Å². The van der Waals surface area contributed by atoms with Gasteiger partial charge in [0.25, 0.3) is 5.56 Å². The van der Waals surface area contributed by atoms with Crippen LogP contribution in [-0.4, -0.2) is 61.7 Å². The summed E-state index contributed by atoms with van der Waals surface area (Å²) >= 11 is 0. The molecule has 2 aromatic carbocycles. The molecule has 3 aromatic rings. The van der Waals surface area contributed by atoms with E-state index in [1.54, 1.807) is 37.2 Å². The molecule has 3 heterocycles. The summed E-state index contributed by atoms with van der Waals surface area (Å²) in [6, 6.07) is 9.17. The summed E-state index contributed by atoms with van der Waals surface area (Å²) in [7, 11) is 3.13. The number of ether oxygens (including phenoxy) is 5. The Morgan fingerprint density at radius 1 is 1.09 bits per heavy atom. The van der Waals surface area contributed by atoms with Gasteiger partial charge in [0.1, 0.15) is 5.75 Å². The second kappa shape index (κ2) is 11.0. The summed E-state index contributed by atoms with van der Waals surface area (Å²) < 4.78 is 29.1. The summed E-state index contributed by atoms with van der Waals surface area (Å²) in [5.74, 6) is 3.34. The molecule has 9 nitrogen and oxygen atoms in total. The second-order valence-corrected chi connectivity index (χ2v) is 8.50. The minimum Gasteiger partial charge on any atom is -0.493 e. The zero-order chi connectivity index (χ0) is 23.5. The zero-order valence-corrected chi connectivity index (χ0v) is 20.7. The van der Waals surface area contributed by atoms with Crippen molar-refractivity contribution in [3.05, 3.63) is 47.0 Å². The highest BCUT2D eigenvalue weighted by molar-refractivity contribution is 5.85. The number of likely N-dealkylation sites (tertiary alicyclic amines) is 1. The smallest absolute Gasteiger partial charge is 0.261 e. The SMILES string of the molecule is COc1cc2ncn(C3CCCN(CCCOc4ccc5c(c4)OCO5)C3)c(=O)c2cc1OC.Cl. The van der Waals surface area contributed by atoms with Gasteiger partial charge in [-0.1, -0.05) is 0 Å². The highest BCUT2D eigenvalue weighted by Crippen LogP contribution is 2.35. The molecule has 1 aromatic heterocycles. The molecule has 10 heteroatoms. The fourth-order valence-corrected chi connectivity index (χ4v) is 4.63. The minimum atomic E-state index is -0.0519. The normalized spacial score (nSPS) is 17.1. The molecule has 0 radical (unpaired) electrons. The Balaban J connectivity index is 0.00000289. The van der Waals surface area contributed by atoms with E-state index in [9.17, 15) is 4.79 Å². The van der Waals surface area contributed by atoms with Gasteiger partial charge in [0.05, 0.1) is 44.1 Å². The lowest BCUT2D eigenvalue weighted by Crippen LogP contribution is -2.40. The summed E-state index contributed by atoms with van der Waals surface area (Å²) in [4.78, 5) is 20.2. The van der Waals surface area contributed by atoms with Crippen LogP contribution in [0.5, 0.6) is 28.7 Å².